The predicted octanol–water partition coefficient (Wildman–Crippen LogP) is 10.9. The summed E-state index contributed by atoms with van der Waals surface area (Å²) in [5.41, 5.74) is 0.627. The van der Waals surface area contributed by atoms with Crippen LogP contribution in [0.4, 0.5) is 17.6 Å². The number of hydrogen-bond donors (Lipinski definition) is 0. The molecule has 0 spiro atoms. The van der Waals surface area contributed by atoms with Gasteiger partial charge >= 0.3 is 6.11 Å². The van der Waals surface area contributed by atoms with Crippen molar-refractivity contribution in [3.05, 3.63) is 89.0 Å². The molecule has 0 aliphatic carbocycles. The van der Waals surface area contributed by atoms with Crippen molar-refractivity contribution in [2.75, 3.05) is 0 Å². The summed E-state index contributed by atoms with van der Waals surface area (Å²) in [4.78, 5) is 0. The van der Waals surface area contributed by atoms with Crippen molar-refractivity contribution in [1.29, 1.82) is 0 Å². The van der Waals surface area contributed by atoms with Gasteiger partial charge in [-0.3, -0.25) is 0 Å². The lowest BCUT2D eigenvalue weighted by molar-refractivity contribution is -0.189. The van der Waals surface area contributed by atoms with Gasteiger partial charge in [0.2, 0.25) is 0 Å². The molecule has 3 aromatic carbocycles. The summed E-state index contributed by atoms with van der Waals surface area (Å²) >= 11 is 0. The summed E-state index contributed by atoms with van der Waals surface area (Å²) < 4.78 is 69.9. The van der Waals surface area contributed by atoms with E-state index in [9.17, 15) is 13.2 Å². The van der Waals surface area contributed by atoms with Crippen molar-refractivity contribution in [3.8, 4) is 17.2 Å². The second-order valence-corrected chi connectivity index (χ2v) is 10.1. The molecule has 0 heterocycles. The fourth-order valence-corrected chi connectivity index (χ4v) is 4.52. The molecule has 0 aromatic heterocycles. The fourth-order valence-electron chi connectivity index (χ4n) is 4.52. The maximum Gasteiger partial charge on any atom is 0.432 e. The van der Waals surface area contributed by atoms with E-state index in [1.165, 1.54) is 50.7 Å². The van der Waals surface area contributed by atoms with E-state index in [1.54, 1.807) is 24.3 Å². The van der Waals surface area contributed by atoms with Gasteiger partial charge in [0.05, 0.1) is 0 Å². The number of aryl methyl sites for hydroxylation is 2. The monoisotopic (exact) mass is 544 g/mol. The summed E-state index contributed by atoms with van der Waals surface area (Å²) in [5.74, 6) is -3.31. The third kappa shape index (κ3) is 9.59. The van der Waals surface area contributed by atoms with Gasteiger partial charge in [-0.25, -0.2) is 8.78 Å². The molecular formula is C33H40F4O2. The quantitative estimate of drug-likeness (QED) is 0.124. The highest BCUT2D eigenvalue weighted by atomic mass is 19.3. The van der Waals surface area contributed by atoms with E-state index in [-0.39, 0.29) is 11.5 Å². The number of alkyl halides is 2. The van der Waals surface area contributed by atoms with Gasteiger partial charge in [0.25, 0.3) is 0 Å². The van der Waals surface area contributed by atoms with Crippen LogP contribution in [0.2, 0.25) is 0 Å². The van der Waals surface area contributed by atoms with Crippen LogP contribution in [0.3, 0.4) is 0 Å². The Balaban J connectivity index is 1.63. The van der Waals surface area contributed by atoms with E-state index in [0.29, 0.717) is 0 Å². The summed E-state index contributed by atoms with van der Waals surface area (Å²) in [7, 11) is 0. The molecule has 0 fully saturated rings. The maximum absolute atomic E-state index is 15.1. The van der Waals surface area contributed by atoms with E-state index in [2.05, 4.69) is 13.8 Å². The van der Waals surface area contributed by atoms with Gasteiger partial charge < -0.3 is 9.47 Å². The minimum atomic E-state index is -4.24. The zero-order valence-corrected chi connectivity index (χ0v) is 23.1. The minimum absolute atomic E-state index is 0.176. The van der Waals surface area contributed by atoms with E-state index in [1.807, 2.05) is 12.1 Å². The van der Waals surface area contributed by atoms with Crippen LogP contribution in [0.5, 0.6) is 17.2 Å². The lowest BCUT2D eigenvalue weighted by Crippen LogP contribution is -2.25. The van der Waals surface area contributed by atoms with Crippen LogP contribution in [0.15, 0.2) is 60.7 Å². The molecule has 3 rings (SSSR count). The van der Waals surface area contributed by atoms with Crippen LogP contribution in [0.1, 0.15) is 94.7 Å². The molecule has 0 amide bonds. The molecule has 0 saturated heterocycles. The predicted molar refractivity (Wildman–Crippen MR) is 149 cm³/mol. The van der Waals surface area contributed by atoms with E-state index >= 15 is 4.39 Å². The van der Waals surface area contributed by atoms with Crippen LogP contribution < -0.4 is 9.47 Å². The van der Waals surface area contributed by atoms with Gasteiger partial charge in [-0.1, -0.05) is 89.5 Å². The number of hydrogen-bond acceptors (Lipinski definition) is 2. The van der Waals surface area contributed by atoms with Gasteiger partial charge in [-0.15, -0.1) is 0 Å². The average molecular weight is 545 g/mol. The second-order valence-electron chi connectivity index (χ2n) is 10.1. The number of unbranched alkanes of at least 4 members (excludes halogenated alkanes) is 8. The molecule has 0 unspecified atom stereocenters. The molecule has 0 aliphatic rings. The van der Waals surface area contributed by atoms with Crippen molar-refractivity contribution in [3.63, 3.8) is 0 Å². The van der Waals surface area contributed by atoms with Gasteiger partial charge in [-0.05, 0) is 73.2 Å². The Kier molecular flexibility index (Phi) is 12.2. The van der Waals surface area contributed by atoms with E-state index in [4.69, 9.17) is 9.47 Å². The Hall–Kier alpha value is -3.02. The first-order valence-electron chi connectivity index (χ1n) is 14.2. The zero-order valence-electron chi connectivity index (χ0n) is 23.1. The van der Waals surface area contributed by atoms with Crippen LogP contribution >= 0.6 is 0 Å². The first-order valence-corrected chi connectivity index (χ1v) is 14.2. The molecule has 212 valence electrons. The molecule has 6 heteroatoms. The fraction of sp³-hybridized carbons (Fsp3) is 0.455. The Bertz CT molecular complexity index is 1130. The van der Waals surface area contributed by atoms with Crippen molar-refractivity contribution >= 4 is 0 Å². The first-order chi connectivity index (χ1) is 18.8. The van der Waals surface area contributed by atoms with Crippen molar-refractivity contribution < 1.29 is 27.0 Å². The van der Waals surface area contributed by atoms with Gasteiger partial charge in [-0.2, -0.15) is 8.78 Å². The molecule has 0 bridgehead atoms. The van der Waals surface area contributed by atoms with E-state index < -0.39 is 29.1 Å². The normalized spacial score (nSPS) is 11.5. The molecule has 0 aliphatic heterocycles. The molecule has 0 N–H and O–H groups in total. The lowest BCUT2D eigenvalue weighted by atomic mass is 10.1. The third-order valence-corrected chi connectivity index (χ3v) is 6.81. The standard InChI is InChI=1S/C33H40F4O2/c1-3-5-7-9-11-13-25-15-19-27(20-16-25)38-30-24-23-29(34)31(32(30)35)33(36,37)39-28-21-17-26(18-22-28)14-12-10-8-6-4-2/h15-24H,3-14H2,1-2H3. The van der Waals surface area contributed by atoms with Gasteiger partial charge in [0.15, 0.2) is 11.6 Å². The highest BCUT2D eigenvalue weighted by molar-refractivity contribution is 5.39. The third-order valence-electron chi connectivity index (χ3n) is 6.81. The van der Waals surface area contributed by atoms with Crippen molar-refractivity contribution in [1.82, 2.24) is 0 Å². The Morgan fingerprint density at radius 3 is 1.59 bits per heavy atom. The number of halogens is 4. The topological polar surface area (TPSA) is 18.5 Å². The smallest absolute Gasteiger partial charge is 0.432 e. The van der Waals surface area contributed by atoms with Crippen LogP contribution in [0.25, 0.3) is 0 Å². The minimum Gasteiger partial charge on any atom is -0.454 e. The molecule has 3 aromatic rings. The molecule has 39 heavy (non-hydrogen) atoms. The highest BCUT2D eigenvalue weighted by Crippen LogP contribution is 2.39. The molecule has 0 radical (unpaired) electrons. The Morgan fingerprint density at radius 2 is 1.08 bits per heavy atom. The SMILES string of the molecule is CCCCCCCc1ccc(Oc2ccc(F)c(C(F)(F)Oc3ccc(CCCCCCC)cc3)c2F)cc1. The zero-order chi connectivity index (χ0) is 28.1. The Morgan fingerprint density at radius 1 is 0.590 bits per heavy atom. The van der Waals surface area contributed by atoms with Gasteiger partial charge in [0, 0.05) is 0 Å². The highest BCUT2D eigenvalue weighted by Gasteiger charge is 2.42. The Labute approximate surface area is 230 Å². The maximum atomic E-state index is 15.1. The molecule has 2 nitrogen and oxygen atoms in total. The van der Waals surface area contributed by atoms with Gasteiger partial charge in [0.1, 0.15) is 22.9 Å². The molecular weight excluding hydrogens is 504 g/mol. The van der Waals surface area contributed by atoms with Crippen LogP contribution in [-0.4, -0.2) is 0 Å². The summed E-state index contributed by atoms with van der Waals surface area (Å²) in [5, 5.41) is 0. The summed E-state index contributed by atoms with van der Waals surface area (Å²) in [6.07, 6.45) is 9.06. The van der Waals surface area contributed by atoms with E-state index in [0.717, 1.165) is 61.8 Å². The summed E-state index contributed by atoms with van der Waals surface area (Å²) in [6, 6.07) is 15.0. The second kappa shape index (κ2) is 15.5. The molecule has 0 atom stereocenters. The van der Waals surface area contributed by atoms with Crippen LogP contribution in [-0.2, 0) is 19.0 Å². The van der Waals surface area contributed by atoms with Crippen LogP contribution in [0, 0.1) is 11.6 Å². The number of rotatable bonds is 17. The lowest BCUT2D eigenvalue weighted by Gasteiger charge is -2.20. The summed E-state index contributed by atoms with van der Waals surface area (Å²) in [6.45, 7) is 4.33. The number of benzene rings is 3. The first kappa shape index (κ1) is 30.5. The van der Waals surface area contributed by atoms with Crippen molar-refractivity contribution in [2.45, 2.75) is 97.0 Å². The molecule has 0 saturated carbocycles. The number of ether oxygens (including phenoxy) is 2. The largest absolute Gasteiger partial charge is 0.454 e. The average Bonchev–Trinajstić information content (AvgIpc) is 2.91. The van der Waals surface area contributed by atoms with Crippen molar-refractivity contribution in [2.24, 2.45) is 0 Å².